The Labute approximate surface area is 290 Å². The van der Waals surface area contributed by atoms with E-state index in [-0.39, 0.29) is 91.2 Å². The average Bonchev–Trinajstić information content (AvgIpc) is 3.42. The number of halogens is 3. The normalized spacial score (nSPS) is 22.6. The largest absolute Gasteiger partial charge is 0.469 e. The molecule has 1 aromatic carbocycles. The molecule has 0 spiro atoms. The lowest BCUT2D eigenvalue weighted by atomic mass is 9.77. The summed E-state index contributed by atoms with van der Waals surface area (Å²) in [6, 6.07) is 8.00. The van der Waals surface area contributed by atoms with E-state index in [0.29, 0.717) is 18.5 Å². The standard InChI is InChI=1S/C33H42ClF2N5O7S/c1-32(2,3)48-31(44)37-24-19-29(42)41(20-24)25-9-11-26(12-10-25)49(45,46)40-15-13-39(14-16-40)28-18-23(17-27(34)38-28)33(35,36)22-7-5-21(6-8-22)30(43)47-4/h9-12,17-18,21-22,24H,5-8,13-16,19-20H2,1-4H3,(H,37,44)/t21?,22?,24-/m1/s1. The van der Waals surface area contributed by atoms with E-state index in [1.165, 1.54) is 34.5 Å². The molecule has 268 valence electrons. The predicted molar refractivity (Wildman–Crippen MR) is 178 cm³/mol. The molecule has 2 saturated heterocycles. The van der Waals surface area contributed by atoms with Crippen molar-refractivity contribution in [2.24, 2.45) is 11.8 Å². The van der Waals surface area contributed by atoms with Crippen LogP contribution in [0.4, 0.5) is 25.1 Å². The first-order valence-electron chi connectivity index (χ1n) is 16.3. The number of esters is 1. The predicted octanol–water partition coefficient (Wildman–Crippen LogP) is 4.95. The van der Waals surface area contributed by atoms with Gasteiger partial charge in [-0.3, -0.25) is 9.59 Å². The molecule has 0 bridgehead atoms. The van der Waals surface area contributed by atoms with Crippen LogP contribution in [0.5, 0.6) is 0 Å². The van der Waals surface area contributed by atoms with Crippen LogP contribution >= 0.6 is 11.6 Å². The zero-order valence-electron chi connectivity index (χ0n) is 28.0. The number of benzene rings is 1. The van der Waals surface area contributed by atoms with Gasteiger partial charge >= 0.3 is 12.1 Å². The zero-order chi connectivity index (χ0) is 35.7. The molecule has 2 aliphatic heterocycles. The summed E-state index contributed by atoms with van der Waals surface area (Å²) in [5.74, 6) is -4.90. The summed E-state index contributed by atoms with van der Waals surface area (Å²) in [6.45, 7) is 6.03. The number of piperazine rings is 1. The second-order valence-electron chi connectivity index (χ2n) is 13.7. The van der Waals surface area contributed by atoms with Crippen molar-refractivity contribution in [1.29, 1.82) is 0 Å². The summed E-state index contributed by atoms with van der Waals surface area (Å²) < 4.78 is 69.8. The number of hydrogen-bond donors (Lipinski definition) is 1. The van der Waals surface area contributed by atoms with Crippen molar-refractivity contribution in [1.82, 2.24) is 14.6 Å². The lowest BCUT2D eigenvalue weighted by molar-refractivity contribution is -0.149. The van der Waals surface area contributed by atoms with Crippen LogP contribution < -0.4 is 15.1 Å². The number of nitrogens with one attached hydrogen (secondary N) is 1. The van der Waals surface area contributed by atoms with Crippen LogP contribution in [-0.2, 0) is 35.0 Å². The van der Waals surface area contributed by atoms with Crippen molar-refractivity contribution < 1.29 is 41.1 Å². The minimum absolute atomic E-state index is 0.0458. The molecule has 3 fully saturated rings. The first kappa shape index (κ1) is 36.7. The molecule has 3 aliphatic rings. The molecule has 1 saturated carbocycles. The summed E-state index contributed by atoms with van der Waals surface area (Å²) >= 11 is 6.21. The first-order valence-corrected chi connectivity index (χ1v) is 18.1. The maximum Gasteiger partial charge on any atom is 0.407 e. The summed E-state index contributed by atoms with van der Waals surface area (Å²) in [5.41, 5.74) is -0.441. The maximum atomic E-state index is 15.7. The molecule has 0 unspecified atom stereocenters. The van der Waals surface area contributed by atoms with Crippen LogP contribution in [0.2, 0.25) is 5.15 Å². The Hall–Kier alpha value is -3.56. The van der Waals surface area contributed by atoms with Gasteiger partial charge < -0.3 is 24.6 Å². The number of methoxy groups -OCH3 is 1. The highest BCUT2D eigenvalue weighted by Crippen LogP contribution is 2.46. The molecule has 12 nitrogen and oxygen atoms in total. The molecule has 1 aromatic heterocycles. The molecule has 1 N–H and O–H groups in total. The Morgan fingerprint density at radius 1 is 1.00 bits per heavy atom. The van der Waals surface area contributed by atoms with E-state index in [9.17, 15) is 22.8 Å². The fourth-order valence-corrected chi connectivity index (χ4v) is 8.19. The van der Waals surface area contributed by atoms with Gasteiger partial charge in [0.1, 0.15) is 16.6 Å². The van der Waals surface area contributed by atoms with Gasteiger partial charge in [-0.15, -0.1) is 0 Å². The molecule has 3 heterocycles. The third-order valence-corrected chi connectivity index (χ3v) is 11.2. The van der Waals surface area contributed by atoms with E-state index in [4.69, 9.17) is 21.1 Å². The number of aromatic nitrogens is 1. The molecule has 1 aliphatic carbocycles. The van der Waals surface area contributed by atoms with Crippen LogP contribution in [0.1, 0.15) is 58.4 Å². The van der Waals surface area contributed by atoms with Crippen LogP contribution in [0, 0.1) is 11.8 Å². The number of carbonyl (C=O) groups is 3. The van der Waals surface area contributed by atoms with Crippen LogP contribution in [0.15, 0.2) is 41.3 Å². The van der Waals surface area contributed by atoms with Gasteiger partial charge in [-0.25, -0.2) is 27.0 Å². The van der Waals surface area contributed by atoms with Crippen LogP contribution in [0.3, 0.4) is 0 Å². The van der Waals surface area contributed by atoms with Crippen molar-refractivity contribution in [2.75, 3.05) is 49.6 Å². The molecule has 2 amide bonds. The van der Waals surface area contributed by atoms with Crippen molar-refractivity contribution in [2.45, 2.75) is 75.3 Å². The highest BCUT2D eigenvalue weighted by molar-refractivity contribution is 7.89. The Kier molecular flexibility index (Phi) is 10.8. The number of anilines is 2. The number of pyridine rings is 1. The minimum Gasteiger partial charge on any atom is -0.469 e. The number of carbonyl (C=O) groups excluding carboxylic acids is 3. The Morgan fingerprint density at radius 3 is 2.22 bits per heavy atom. The Bertz CT molecular complexity index is 1660. The van der Waals surface area contributed by atoms with E-state index in [0.717, 1.165) is 6.07 Å². The highest BCUT2D eigenvalue weighted by atomic mass is 35.5. The molecule has 0 radical (unpaired) electrons. The number of sulfonamides is 1. The van der Waals surface area contributed by atoms with Gasteiger partial charge in [0.15, 0.2) is 0 Å². The SMILES string of the molecule is COC(=O)C1CCC(C(F)(F)c2cc(Cl)nc(N3CCN(S(=O)(=O)c4ccc(N5C[C@H](NC(=O)OC(C)(C)C)CC5=O)cc4)CC3)c2)CC1. The summed E-state index contributed by atoms with van der Waals surface area (Å²) in [7, 11) is -2.61. The first-order chi connectivity index (χ1) is 23.0. The third kappa shape index (κ3) is 8.43. The van der Waals surface area contributed by atoms with Crippen LogP contribution in [0.25, 0.3) is 0 Å². The molecule has 2 aromatic rings. The quantitative estimate of drug-likeness (QED) is 0.296. The number of amides is 2. The van der Waals surface area contributed by atoms with Gasteiger partial charge in [0.05, 0.1) is 24.0 Å². The van der Waals surface area contributed by atoms with Crippen molar-refractivity contribution in [3.8, 4) is 0 Å². The topological polar surface area (TPSA) is 138 Å². The van der Waals surface area contributed by atoms with Crippen molar-refractivity contribution in [3.05, 3.63) is 47.1 Å². The van der Waals surface area contributed by atoms with E-state index >= 15 is 8.78 Å². The molecular formula is C33H42ClF2N5O7S. The fraction of sp³-hybridized carbons (Fsp3) is 0.576. The number of hydrogen-bond acceptors (Lipinski definition) is 9. The average molecular weight is 726 g/mol. The molecule has 16 heteroatoms. The molecule has 49 heavy (non-hydrogen) atoms. The zero-order valence-corrected chi connectivity index (χ0v) is 29.5. The van der Waals surface area contributed by atoms with Gasteiger partial charge in [-0.1, -0.05) is 11.6 Å². The van der Waals surface area contributed by atoms with Crippen molar-refractivity contribution in [3.63, 3.8) is 0 Å². The second-order valence-corrected chi connectivity index (χ2v) is 16.0. The Balaban J connectivity index is 1.19. The number of alkyl carbamates (subject to hydrolysis) is 1. The summed E-state index contributed by atoms with van der Waals surface area (Å²) in [6.07, 6.45) is 0.444. The third-order valence-electron chi connectivity index (χ3n) is 9.13. The van der Waals surface area contributed by atoms with Gasteiger partial charge in [-0.2, -0.15) is 4.31 Å². The van der Waals surface area contributed by atoms with Gasteiger partial charge in [0.25, 0.3) is 5.92 Å². The van der Waals surface area contributed by atoms with Gasteiger partial charge in [-0.05, 0) is 82.9 Å². The lowest BCUT2D eigenvalue weighted by Crippen LogP contribution is -2.49. The summed E-state index contributed by atoms with van der Waals surface area (Å²) in [5, 5.41) is 2.61. The number of ether oxygens (including phenoxy) is 2. The lowest BCUT2D eigenvalue weighted by Gasteiger charge is -2.36. The Morgan fingerprint density at radius 2 is 1.63 bits per heavy atom. The fourth-order valence-electron chi connectivity index (χ4n) is 6.56. The van der Waals surface area contributed by atoms with Gasteiger partial charge in [0, 0.05) is 56.3 Å². The highest BCUT2D eigenvalue weighted by Gasteiger charge is 2.45. The minimum atomic E-state index is -3.90. The van der Waals surface area contributed by atoms with E-state index in [1.807, 2.05) is 0 Å². The monoisotopic (exact) mass is 725 g/mol. The molecule has 5 rings (SSSR count). The second kappa shape index (κ2) is 14.4. The van der Waals surface area contributed by atoms with Crippen molar-refractivity contribution >= 4 is 51.1 Å². The van der Waals surface area contributed by atoms with E-state index in [1.54, 1.807) is 37.8 Å². The van der Waals surface area contributed by atoms with Crippen LogP contribution in [-0.4, -0.2) is 87.2 Å². The molecule has 1 atom stereocenters. The maximum absolute atomic E-state index is 15.7. The van der Waals surface area contributed by atoms with E-state index in [2.05, 4.69) is 10.3 Å². The van der Waals surface area contributed by atoms with E-state index < -0.39 is 39.6 Å². The number of alkyl halides is 2. The summed E-state index contributed by atoms with van der Waals surface area (Å²) in [4.78, 5) is 44.2. The van der Waals surface area contributed by atoms with Gasteiger partial charge in [0.2, 0.25) is 15.9 Å². The number of nitrogens with zero attached hydrogens (tertiary/aromatic N) is 4. The number of rotatable bonds is 8. The smallest absolute Gasteiger partial charge is 0.407 e. The molecular weight excluding hydrogens is 684 g/mol.